The first-order valence-corrected chi connectivity index (χ1v) is 9.73. The minimum absolute atomic E-state index is 0.471. The molecule has 2 aromatic heterocycles. The Kier molecular flexibility index (Phi) is 4.59. The largest absolute Gasteiger partial charge is 0.366 e. The minimum Gasteiger partial charge on any atom is -0.366 e. The number of nitriles is 1. The van der Waals surface area contributed by atoms with Crippen LogP contribution >= 0.6 is 11.3 Å². The van der Waals surface area contributed by atoms with Crippen molar-refractivity contribution in [1.82, 2.24) is 20.1 Å². The van der Waals surface area contributed by atoms with Crippen LogP contribution < -0.4 is 10.6 Å². The standard InChI is InChI=1S/C17H23N7S/c1-11-7-15(23-22-11)20-17-21-16(10-25-17)19-12-8-13-3-4-14(9-12)24(13)6-2-5-18/h7,10,12-14,19H,2-4,6,8-9H2,1H3,(H2,20,21,22,23)/t12-,13-,14+. The van der Waals surface area contributed by atoms with E-state index >= 15 is 0 Å². The molecule has 4 heterocycles. The van der Waals surface area contributed by atoms with Gasteiger partial charge in [0.15, 0.2) is 10.9 Å². The van der Waals surface area contributed by atoms with Crippen LogP contribution in [0.4, 0.5) is 16.8 Å². The molecule has 2 bridgehead atoms. The molecule has 2 fully saturated rings. The van der Waals surface area contributed by atoms with Gasteiger partial charge in [-0.25, -0.2) is 4.98 Å². The van der Waals surface area contributed by atoms with Crippen LogP contribution in [-0.4, -0.2) is 44.8 Å². The lowest BCUT2D eigenvalue weighted by Gasteiger charge is -2.38. The van der Waals surface area contributed by atoms with Gasteiger partial charge in [-0.05, 0) is 32.6 Å². The SMILES string of the molecule is Cc1cc(Nc2nc(N[C@@H]3C[C@H]4CC[C@@H](C3)N4CCC#N)cs2)n[nH]1. The molecule has 3 atom stereocenters. The van der Waals surface area contributed by atoms with Crippen molar-refractivity contribution in [2.75, 3.05) is 17.2 Å². The summed E-state index contributed by atoms with van der Waals surface area (Å²) in [4.78, 5) is 7.18. The Morgan fingerprint density at radius 2 is 2.16 bits per heavy atom. The van der Waals surface area contributed by atoms with Crippen molar-refractivity contribution in [3.05, 3.63) is 17.1 Å². The molecule has 7 nitrogen and oxygen atoms in total. The Hall–Kier alpha value is -2.11. The van der Waals surface area contributed by atoms with E-state index < -0.39 is 0 Å². The third kappa shape index (κ3) is 3.62. The number of nitrogens with zero attached hydrogens (tertiary/aromatic N) is 4. The second kappa shape index (κ2) is 7.02. The number of fused-ring (bicyclic) bond motifs is 2. The van der Waals surface area contributed by atoms with E-state index in [-0.39, 0.29) is 0 Å². The zero-order chi connectivity index (χ0) is 17.2. The van der Waals surface area contributed by atoms with Crippen molar-refractivity contribution in [3.63, 3.8) is 0 Å². The normalized spacial score (nSPS) is 25.7. The van der Waals surface area contributed by atoms with Crippen molar-refractivity contribution >= 4 is 28.1 Å². The molecule has 0 unspecified atom stereocenters. The Morgan fingerprint density at radius 3 is 2.84 bits per heavy atom. The number of piperidine rings is 1. The fourth-order valence-corrected chi connectivity index (χ4v) is 4.79. The van der Waals surface area contributed by atoms with E-state index in [1.807, 2.05) is 13.0 Å². The number of aryl methyl sites for hydroxylation is 1. The van der Waals surface area contributed by atoms with Gasteiger partial charge >= 0.3 is 0 Å². The number of nitrogens with one attached hydrogen (secondary N) is 3. The Balaban J connectivity index is 1.34. The van der Waals surface area contributed by atoms with Gasteiger partial charge in [-0.1, -0.05) is 0 Å². The lowest BCUT2D eigenvalue weighted by molar-refractivity contribution is 0.136. The van der Waals surface area contributed by atoms with Gasteiger partial charge in [-0.15, -0.1) is 11.3 Å². The molecule has 2 aliphatic rings. The summed E-state index contributed by atoms with van der Waals surface area (Å²) in [5, 5.41) is 25.7. The smallest absolute Gasteiger partial charge is 0.190 e. The summed E-state index contributed by atoms with van der Waals surface area (Å²) in [6, 6.07) is 5.95. The van der Waals surface area contributed by atoms with Crippen LogP contribution in [0.15, 0.2) is 11.4 Å². The average Bonchev–Trinajstić information content (AvgIpc) is 3.26. The molecule has 132 valence electrons. The molecular weight excluding hydrogens is 334 g/mol. The van der Waals surface area contributed by atoms with E-state index in [4.69, 9.17) is 5.26 Å². The van der Waals surface area contributed by atoms with Crippen LogP contribution in [0.1, 0.15) is 37.8 Å². The van der Waals surface area contributed by atoms with Crippen molar-refractivity contribution in [1.29, 1.82) is 5.26 Å². The predicted molar refractivity (Wildman–Crippen MR) is 99.1 cm³/mol. The molecular formula is C17H23N7S. The van der Waals surface area contributed by atoms with E-state index in [0.717, 1.165) is 41.8 Å². The molecule has 8 heteroatoms. The summed E-state index contributed by atoms with van der Waals surface area (Å²) < 4.78 is 0. The highest BCUT2D eigenvalue weighted by Gasteiger charge is 2.40. The summed E-state index contributed by atoms with van der Waals surface area (Å²) in [6.45, 7) is 2.90. The molecule has 2 aromatic rings. The minimum atomic E-state index is 0.471. The number of anilines is 3. The number of rotatable bonds is 6. The van der Waals surface area contributed by atoms with Crippen LogP contribution in [0.2, 0.25) is 0 Å². The Labute approximate surface area is 151 Å². The molecule has 4 rings (SSSR count). The molecule has 0 aromatic carbocycles. The van der Waals surface area contributed by atoms with Gasteiger partial charge in [0.05, 0.1) is 6.07 Å². The monoisotopic (exact) mass is 357 g/mol. The Bertz CT molecular complexity index is 747. The molecule has 25 heavy (non-hydrogen) atoms. The zero-order valence-corrected chi connectivity index (χ0v) is 15.1. The molecule has 3 N–H and O–H groups in total. The number of hydrogen-bond donors (Lipinski definition) is 3. The number of aromatic nitrogens is 3. The lowest BCUT2D eigenvalue weighted by atomic mass is 9.97. The maximum Gasteiger partial charge on any atom is 0.190 e. The Morgan fingerprint density at radius 1 is 1.36 bits per heavy atom. The van der Waals surface area contributed by atoms with Crippen molar-refractivity contribution < 1.29 is 0 Å². The molecule has 0 radical (unpaired) electrons. The van der Waals surface area contributed by atoms with Crippen LogP contribution in [0.25, 0.3) is 0 Å². The highest BCUT2D eigenvalue weighted by atomic mass is 32.1. The molecule has 0 amide bonds. The molecule has 0 aliphatic carbocycles. The van der Waals surface area contributed by atoms with Gasteiger partial charge in [0.2, 0.25) is 0 Å². The molecule has 2 saturated heterocycles. The van der Waals surface area contributed by atoms with Gasteiger partial charge < -0.3 is 10.6 Å². The van der Waals surface area contributed by atoms with Crippen LogP contribution in [-0.2, 0) is 0 Å². The van der Waals surface area contributed by atoms with Crippen molar-refractivity contribution in [2.24, 2.45) is 0 Å². The van der Waals surface area contributed by atoms with E-state index in [0.29, 0.717) is 24.5 Å². The highest BCUT2D eigenvalue weighted by Crippen LogP contribution is 2.37. The average molecular weight is 357 g/mol. The van der Waals surface area contributed by atoms with Gasteiger partial charge in [0.1, 0.15) is 5.82 Å². The summed E-state index contributed by atoms with van der Waals surface area (Å²) >= 11 is 1.59. The molecule has 2 aliphatic heterocycles. The van der Waals surface area contributed by atoms with Crippen molar-refractivity contribution in [3.8, 4) is 6.07 Å². The summed E-state index contributed by atoms with van der Waals surface area (Å²) in [5.74, 6) is 1.73. The van der Waals surface area contributed by atoms with Crippen LogP contribution in [0.5, 0.6) is 0 Å². The quantitative estimate of drug-likeness (QED) is 0.735. The number of H-pyrrole nitrogens is 1. The fraction of sp³-hybridized carbons (Fsp3) is 0.588. The second-order valence-corrected chi connectivity index (χ2v) is 7.80. The first kappa shape index (κ1) is 16.4. The predicted octanol–water partition coefficient (Wildman–Crippen LogP) is 3.24. The number of thiazole rings is 1. The third-order valence-corrected chi connectivity index (χ3v) is 5.92. The molecule has 0 saturated carbocycles. The van der Waals surface area contributed by atoms with E-state index in [1.54, 1.807) is 11.3 Å². The summed E-state index contributed by atoms with van der Waals surface area (Å²) in [7, 11) is 0. The lowest BCUT2D eigenvalue weighted by Crippen LogP contribution is -2.47. The van der Waals surface area contributed by atoms with E-state index in [1.165, 1.54) is 12.8 Å². The number of hydrogen-bond acceptors (Lipinski definition) is 7. The first-order chi connectivity index (χ1) is 12.2. The third-order valence-electron chi connectivity index (χ3n) is 5.16. The summed E-state index contributed by atoms with van der Waals surface area (Å²) in [5.41, 5.74) is 1.02. The van der Waals surface area contributed by atoms with Crippen molar-refractivity contribution in [2.45, 2.75) is 57.2 Å². The maximum atomic E-state index is 8.84. The second-order valence-electron chi connectivity index (χ2n) is 6.94. The van der Waals surface area contributed by atoms with E-state index in [9.17, 15) is 0 Å². The van der Waals surface area contributed by atoms with E-state index in [2.05, 4.69) is 42.2 Å². The van der Waals surface area contributed by atoms with Crippen LogP contribution in [0, 0.1) is 18.3 Å². The maximum absolute atomic E-state index is 8.84. The summed E-state index contributed by atoms with van der Waals surface area (Å²) in [6.07, 6.45) is 5.44. The van der Waals surface area contributed by atoms with Gasteiger partial charge in [0, 0.05) is 48.2 Å². The van der Waals surface area contributed by atoms with Gasteiger partial charge in [0.25, 0.3) is 0 Å². The first-order valence-electron chi connectivity index (χ1n) is 8.85. The van der Waals surface area contributed by atoms with Crippen LogP contribution in [0.3, 0.4) is 0 Å². The zero-order valence-electron chi connectivity index (χ0n) is 14.3. The fourth-order valence-electron chi connectivity index (χ4n) is 4.13. The number of aromatic amines is 1. The topological polar surface area (TPSA) is 92.7 Å². The molecule has 0 spiro atoms. The van der Waals surface area contributed by atoms with Gasteiger partial charge in [-0.3, -0.25) is 10.00 Å². The highest BCUT2D eigenvalue weighted by molar-refractivity contribution is 7.14. The van der Waals surface area contributed by atoms with Gasteiger partial charge in [-0.2, -0.15) is 10.4 Å².